The number of rotatable bonds is 9. The Morgan fingerprint density at radius 3 is 2.20 bits per heavy atom. The molecule has 1 heterocycles. The molecule has 0 saturated carbocycles. The van der Waals surface area contributed by atoms with Gasteiger partial charge in [-0.1, -0.05) is 78.9 Å². The fourth-order valence-electron chi connectivity index (χ4n) is 4.27. The minimum Gasteiger partial charge on any atom is -0.345 e. The van der Waals surface area contributed by atoms with Gasteiger partial charge in [-0.15, -0.1) is 0 Å². The molecule has 0 aromatic heterocycles. The predicted octanol–water partition coefficient (Wildman–Crippen LogP) is 4.04. The summed E-state index contributed by atoms with van der Waals surface area (Å²) >= 11 is 0. The minimum atomic E-state index is -4.52. The zero-order valence-corrected chi connectivity index (χ0v) is 22.0. The highest BCUT2D eigenvalue weighted by Crippen LogP contribution is 2.28. The standard InChI is InChI=1S/C30H27F3N4O4/c1-19(34-25(39)16-17-30(31,32)33)28(40)36-27-29(41)37(18-24(38)20-10-4-2-5-11-20)23-15-9-8-14-22(23)26(35-27)21-12-6-3-7-13-21/h2-15,19,27H,16-18H2,1H3,(H,34,39)(H,36,40)/t19-,27?/m0/s1. The first-order chi connectivity index (χ1) is 19.5. The molecule has 1 unspecified atom stereocenters. The summed E-state index contributed by atoms with van der Waals surface area (Å²) in [5.41, 5.74) is 2.39. The van der Waals surface area contributed by atoms with Gasteiger partial charge in [0.05, 0.1) is 24.4 Å². The van der Waals surface area contributed by atoms with Gasteiger partial charge in [0.25, 0.3) is 5.91 Å². The number of carbonyl (C=O) groups excluding carboxylic acids is 4. The smallest absolute Gasteiger partial charge is 0.345 e. The lowest BCUT2D eigenvalue weighted by Crippen LogP contribution is -2.53. The average molecular weight is 565 g/mol. The molecule has 3 aromatic carbocycles. The molecular formula is C30H27F3N4O4. The molecule has 11 heteroatoms. The van der Waals surface area contributed by atoms with Crippen LogP contribution in [0.2, 0.25) is 0 Å². The number of nitrogens with zero attached hydrogens (tertiary/aromatic N) is 2. The molecular weight excluding hydrogens is 537 g/mol. The third kappa shape index (κ3) is 7.44. The highest BCUT2D eigenvalue weighted by atomic mass is 19.4. The van der Waals surface area contributed by atoms with E-state index in [1.54, 1.807) is 78.9 Å². The Hall–Kier alpha value is -4.80. The number of hydrogen-bond donors (Lipinski definition) is 2. The van der Waals surface area contributed by atoms with Crippen LogP contribution in [0.1, 0.15) is 41.3 Å². The Morgan fingerprint density at radius 1 is 0.927 bits per heavy atom. The van der Waals surface area contributed by atoms with Crippen LogP contribution in [-0.4, -0.2) is 54.1 Å². The van der Waals surface area contributed by atoms with Gasteiger partial charge in [0.2, 0.25) is 18.0 Å². The summed E-state index contributed by atoms with van der Waals surface area (Å²) in [5.74, 6) is -2.84. The van der Waals surface area contributed by atoms with Gasteiger partial charge in [-0.3, -0.25) is 19.2 Å². The monoisotopic (exact) mass is 564 g/mol. The summed E-state index contributed by atoms with van der Waals surface area (Å²) in [4.78, 5) is 57.9. The molecule has 1 aliphatic heterocycles. The number of hydrogen-bond acceptors (Lipinski definition) is 5. The Kier molecular flexibility index (Phi) is 8.96. The van der Waals surface area contributed by atoms with Gasteiger partial charge in [-0.25, -0.2) is 4.99 Å². The molecule has 212 valence electrons. The maximum absolute atomic E-state index is 13.9. The van der Waals surface area contributed by atoms with Crippen LogP contribution >= 0.6 is 0 Å². The van der Waals surface area contributed by atoms with Gasteiger partial charge in [0.1, 0.15) is 6.04 Å². The van der Waals surface area contributed by atoms with Crippen molar-refractivity contribution in [1.29, 1.82) is 0 Å². The second-order valence-electron chi connectivity index (χ2n) is 9.39. The molecule has 0 bridgehead atoms. The summed E-state index contributed by atoms with van der Waals surface area (Å²) in [6.07, 6.45) is -8.19. The van der Waals surface area contributed by atoms with E-state index in [0.717, 1.165) is 0 Å². The molecule has 2 N–H and O–H groups in total. The Bertz CT molecular complexity index is 1460. The number of aliphatic imine (C=N–C) groups is 1. The maximum Gasteiger partial charge on any atom is 0.389 e. The van der Waals surface area contributed by atoms with Gasteiger partial charge in [0.15, 0.2) is 5.78 Å². The van der Waals surface area contributed by atoms with E-state index in [-0.39, 0.29) is 12.3 Å². The molecule has 1 aliphatic rings. The highest BCUT2D eigenvalue weighted by Gasteiger charge is 2.35. The molecule has 3 aromatic rings. The van der Waals surface area contributed by atoms with Crippen molar-refractivity contribution in [1.82, 2.24) is 10.6 Å². The molecule has 0 fully saturated rings. The van der Waals surface area contributed by atoms with Crippen molar-refractivity contribution in [2.45, 2.75) is 38.1 Å². The number of anilines is 1. The predicted molar refractivity (Wildman–Crippen MR) is 146 cm³/mol. The first-order valence-electron chi connectivity index (χ1n) is 12.8. The summed E-state index contributed by atoms with van der Waals surface area (Å²) in [6.45, 7) is 0.947. The van der Waals surface area contributed by atoms with E-state index in [4.69, 9.17) is 0 Å². The number of carbonyl (C=O) groups is 4. The Labute approximate surface area is 234 Å². The summed E-state index contributed by atoms with van der Waals surface area (Å²) in [5, 5.41) is 4.72. The first kappa shape index (κ1) is 29.2. The van der Waals surface area contributed by atoms with Crippen molar-refractivity contribution in [3.63, 3.8) is 0 Å². The second-order valence-corrected chi connectivity index (χ2v) is 9.39. The first-order valence-corrected chi connectivity index (χ1v) is 12.8. The lowest BCUT2D eigenvalue weighted by Gasteiger charge is -2.25. The van der Waals surface area contributed by atoms with Crippen molar-refractivity contribution in [2.24, 2.45) is 4.99 Å². The fourth-order valence-corrected chi connectivity index (χ4v) is 4.27. The van der Waals surface area contributed by atoms with Crippen LogP contribution in [-0.2, 0) is 14.4 Å². The van der Waals surface area contributed by atoms with E-state index in [9.17, 15) is 32.3 Å². The lowest BCUT2D eigenvalue weighted by atomic mass is 10.00. The molecule has 3 amide bonds. The van der Waals surface area contributed by atoms with E-state index in [1.165, 1.54) is 11.8 Å². The number of amides is 3. The van der Waals surface area contributed by atoms with Gasteiger partial charge >= 0.3 is 6.18 Å². The van der Waals surface area contributed by atoms with Crippen LogP contribution in [0.4, 0.5) is 18.9 Å². The number of fused-ring (bicyclic) bond motifs is 1. The minimum absolute atomic E-state index is 0.340. The number of alkyl halides is 3. The molecule has 41 heavy (non-hydrogen) atoms. The molecule has 0 saturated heterocycles. The van der Waals surface area contributed by atoms with Crippen LogP contribution in [0.5, 0.6) is 0 Å². The van der Waals surface area contributed by atoms with Crippen LogP contribution in [0.25, 0.3) is 0 Å². The van der Waals surface area contributed by atoms with Crippen LogP contribution in [0, 0.1) is 0 Å². The van der Waals surface area contributed by atoms with Crippen molar-refractivity contribution >= 4 is 34.9 Å². The molecule has 0 radical (unpaired) electrons. The van der Waals surface area contributed by atoms with Crippen LogP contribution in [0.15, 0.2) is 89.9 Å². The molecule has 2 atom stereocenters. The Morgan fingerprint density at radius 2 is 1.54 bits per heavy atom. The summed E-state index contributed by atoms with van der Waals surface area (Å²) in [6, 6.07) is 23.0. The number of benzene rings is 3. The largest absolute Gasteiger partial charge is 0.389 e. The lowest BCUT2D eigenvalue weighted by molar-refractivity contribution is -0.144. The third-order valence-corrected chi connectivity index (χ3v) is 6.34. The average Bonchev–Trinajstić information content (AvgIpc) is 3.07. The number of Topliss-reactive ketones (excluding diaryl/α,β-unsaturated/α-hetero) is 1. The number of ketones is 1. The van der Waals surface area contributed by atoms with Crippen molar-refractivity contribution < 1.29 is 32.3 Å². The van der Waals surface area contributed by atoms with E-state index >= 15 is 0 Å². The van der Waals surface area contributed by atoms with Crippen LogP contribution in [0.3, 0.4) is 0 Å². The van der Waals surface area contributed by atoms with E-state index in [1.807, 2.05) is 6.07 Å². The fraction of sp³-hybridized carbons (Fsp3) is 0.233. The zero-order valence-electron chi connectivity index (χ0n) is 22.0. The normalized spacial score (nSPS) is 15.7. The van der Waals surface area contributed by atoms with Gasteiger partial charge in [-0.05, 0) is 13.0 Å². The number of nitrogens with one attached hydrogen (secondary N) is 2. The van der Waals surface area contributed by atoms with Gasteiger partial charge in [0, 0.05) is 23.1 Å². The number of para-hydroxylation sites is 1. The van der Waals surface area contributed by atoms with Gasteiger partial charge < -0.3 is 15.5 Å². The van der Waals surface area contributed by atoms with Crippen molar-refractivity contribution in [3.8, 4) is 0 Å². The number of benzodiazepines with no additional fused rings is 1. The maximum atomic E-state index is 13.9. The SMILES string of the molecule is C[C@H](NC(=O)CCC(F)(F)F)C(=O)NC1N=C(c2ccccc2)c2ccccc2N(CC(=O)c2ccccc2)C1=O. The van der Waals surface area contributed by atoms with Gasteiger partial charge in [-0.2, -0.15) is 13.2 Å². The second kappa shape index (κ2) is 12.6. The van der Waals surface area contributed by atoms with E-state index in [2.05, 4.69) is 15.6 Å². The third-order valence-electron chi connectivity index (χ3n) is 6.34. The quantitative estimate of drug-likeness (QED) is 0.383. The molecule has 0 spiro atoms. The van der Waals surface area contributed by atoms with Crippen molar-refractivity contribution in [3.05, 3.63) is 102 Å². The van der Waals surface area contributed by atoms with E-state index in [0.29, 0.717) is 28.1 Å². The molecule has 4 rings (SSSR count). The van der Waals surface area contributed by atoms with Crippen LogP contribution < -0.4 is 15.5 Å². The summed E-state index contributed by atoms with van der Waals surface area (Å²) in [7, 11) is 0. The molecule has 0 aliphatic carbocycles. The number of halogens is 3. The van der Waals surface area contributed by atoms with Crippen molar-refractivity contribution in [2.75, 3.05) is 11.4 Å². The zero-order chi connectivity index (χ0) is 29.6. The molecule has 8 nitrogen and oxygen atoms in total. The Balaban J connectivity index is 1.66. The van der Waals surface area contributed by atoms with E-state index < -0.39 is 48.9 Å². The topological polar surface area (TPSA) is 108 Å². The summed E-state index contributed by atoms with van der Waals surface area (Å²) < 4.78 is 37.5. The highest BCUT2D eigenvalue weighted by molar-refractivity contribution is 6.21.